The molecule has 0 unspecified atom stereocenters. The van der Waals surface area contributed by atoms with Crippen molar-refractivity contribution < 1.29 is 0 Å². The fraction of sp³-hybridized carbons (Fsp3) is 0.100. The van der Waals surface area contributed by atoms with Crippen LogP contribution in [0.15, 0.2) is 41.1 Å². The molecule has 0 aliphatic carbocycles. The molecular weight excluding hydrogens is 162 g/mol. The summed E-state index contributed by atoms with van der Waals surface area (Å²) in [5.74, 6) is 0. The van der Waals surface area contributed by atoms with Crippen LogP contribution in [0.25, 0.3) is 6.08 Å². The maximum atomic E-state index is 4.21. The van der Waals surface area contributed by atoms with Crippen LogP contribution in [0.5, 0.6) is 0 Å². The van der Waals surface area contributed by atoms with Crippen molar-refractivity contribution in [3.05, 3.63) is 42.0 Å². The molecule has 0 fully saturated rings. The van der Waals surface area contributed by atoms with Crippen LogP contribution < -0.4 is 0 Å². The Bertz CT molecular complexity index is 264. The van der Waals surface area contributed by atoms with Crippen LogP contribution in [-0.4, -0.2) is 15.9 Å². The zero-order chi connectivity index (χ0) is 8.65. The zero-order valence-electron chi connectivity index (χ0n) is 7.27. The highest BCUT2D eigenvalue weighted by molar-refractivity contribution is 6.33. The molecule has 0 saturated heterocycles. The molecule has 1 nitrogen and oxygen atoms in total. The summed E-state index contributed by atoms with van der Waals surface area (Å²) in [5, 5.41) is 0. The second-order valence-corrected chi connectivity index (χ2v) is 3.42. The van der Waals surface area contributed by atoms with Gasteiger partial charge >= 0.3 is 0 Å². The SMILES string of the molecule is C[SiH2]N=C/C=C/c1ccccc1. The number of nitrogens with zero attached hydrogens (tertiary/aromatic N) is 1. The lowest BCUT2D eigenvalue weighted by Gasteiger charge is -1.87. The average molecular weight is 175 g/mol. The molecule has 0 N–H and O–H groups in total. The van der Waals surface area contributed by atoms with Gasteiger partial charge < -0.3 is 4.66 Å². The molecule has 0 amide bonds. The van der Waals surface area contributed by atoms with Gasteiger partial charge in [0.1, 0.15) is 9.68 Å². The molecule has 0 aliphatic heterocycles. The molecule has 0 heterocycles. The van der Waals surface area contributed by atoms with E-state index >= 15 is 0 Å². The van der Waals surface area contributed by atoms with Gasteiger partial charge in [-0.1, -0.05) is 43.0 Å². The van der Waals surface area contributed by atoms with Crippen molar-refractivity contribution in [1.82, 2.24) is 0 Å². The minimum Gasteiger partial charge on any atom is -0.337 e. The van der Waals surface area contributed by atoms with E-state index in [4.69, 9.17) is 0 Å². The van der Waals surface area contributed by atoms with Crippen molar-refractivity contribution in [3.63, 3.8) is 0 Å². The van der Waals surface area contributed by atoms with Gasteiger partial charge in [-0.05, 0) is 11.6 Å². The van der Waals surface area contributed by atoms with E-state index in [0.29, 0.717) is 0 Å². The first-order valence-corrected chi connectivity index (χ1v) is 6.19. The molecule has 2 heteroatoms. The molecule has 0 bridgehead atoms. The Morgan fingerprint density at radius 1 is 1.25 bits per heavy atom. The van der Waals surface area contributed by atoms with Gasteiger partial charge in [-0.15, -0.1) is 0 Å². The first kappa shape index (κ1) is 8.94. The molecule has 62 valence electrons. The molecular formula is C10H13NSi. The van der Waals surface area contributed by atoms with E-state index in [1.165, 1.54) is 5.56 Å². The Hall–Kier alpha value is -1.15. The van der Waals surface area contributed by atoms with Gasteiger partial charge in [0.15, 0.2) is 0 Å². The van der Waals surface area contributed by atoms with Gasteiger partial charge in [-0.25, -0.2) is 0 Å². The van der Waals surface area contributed by atoms with Gasteiger partial charge in [-0.2, -0.15) is 0 Å². The predicted molar refractivity (Wildman–Crippen MR) is 58.4 cm³/mol. The number of rotatable bonds is 3. The third-order valence-corrected chi connectivity index (χ3v) is 2.04. The smallest absolute Gasteiger partial charge is 0.147 e. The number of benzene rings is 1. The molecule has 0 saturated carbocycles. The topological polar surface area (TPSA) is 12.4 Å². The Morgan fingerprint density at radius 3 is 2.67 bits per heavy atom. The third-order valence-electron chi connectivity index (χ3n) is 1.46. The molecule has 1 aromatic carbocycles. The van der Waals surface area contributed by atoms with Crippen molar-refractivity contribution in [2.24, 2.45) is 4.66 Å². The number of hydrogen-bond donors (Lipinski definition) is 0. The third kappa shape index (κ3) is 3.30. The first-order valence-electron chi connectivity index (χ1n) is 4.15. The van der Waals surface area contributed by atoms with E-state index < -0.39 is 0 Å². The summed E-state index contributed by atoms with van der Waals surface area (Å²) in [6.07, 6.45) is 5.94. The summed E-state index contributed by atoms with van der Waals surface area (Å²) < 4.78 is 4.21. The van der Waals surface area contributed by atoms with Gasteiger partial charge in [0.05, 0.1) is 0 Å². The molecule has 12 heavy (non-hydrogen) atoms. The minimum atomic E-state index is -0.168. The summed E-state index contributed by atoms with van der Waals surface area (Å²) >= 11 is 0. The van der Waals surface area contributed by atoms with E-state index in [1.807, 2.05) is 30.5 Å². The minimum absolute atomic E-state index is 0.168. The van der Waals surface area contributed by atoms with Crippen molar-refractivity contribution in [2.45, 2.75) is 6.55 Å². The van der Waals surface area contributed by atoms with Crippen LogP contribution >= 0.6 is 0 Å². The first-order chi connectivity index (χ1) is 5.93. The largest absolute Gasteiger partial charge is 0.337 e. The Balaban J connectivity index is 2.52. The van der Waals surface area contributed by atoms with Crippen molar-refractivity contribution in [2.75, 3.05) is 0 Å². The Kier molecular flexibility index (Phi) is 4.09. The normalized spacial score (nSPS) is 12.4. The van der Waals surface area contributed by atoms with Gasteiger partial charge in [0.25, 0.3) is 0 Å². The summed E-state index contributed by atoms with van der Waals surface area (Å²) in [5.41, 5.74) is 1.22. The van der Waals surface area contributed by atoms with E-state index in [1.54, 1.807) is 0 Å². The fourth-order valence-electron chi connectivity index (χ4n) is 0.885. The molecule has 1 aromatic rings. The fourth-order valence-corrected chi connectivity index (χ4v) is 1.22. The second-order valence-electron chi connectivity index (χ2n) is 2.42. The lowest BCUT2D eigenvalue weighted by atomic mass is 10.2. The molecule has 0 atom stereocenters. The number of hydrogen-bond acceptors (Lipinski definition) is 1. The van der Waals surface area contributed by atoms with E-state index in [0.717, 1.165) is 0 Å². The van der Waals surface area contributed by atoms with E-state index in [2.05, 4.69) is 29.4 Å². The van der Waals surface area contributed by atoms with Gasteiger partial charge in [-0.3, -0.25) is 0 Å². The van der Waals surface area contributed by atoms with Crippen LogP contribution in [0.1, 0.15) is 5.56 Å². The Morgan fingerprint density at radius 2 is 2.00 bits per heavy atom. The lowest BCUT2D eigenvalue weighted by molar-refractivity contribution is 1.66. The second kappa shape index (κ2) is 5.49. The highest BCUT2D eigenvalue weighted by Crippen LogP contribution is 1.99. The van der Waals surface area contributed by atoms with Gasteiger partial charge in [0, 0.05) is 6.21 Å². The lowest BCUT2D eigenvalue weighted by Crippen LogP contribution is -1.73. The molecule has 0 aromatic heterocycles. The van der Waals surface area contributed by atoms with Crippen LogP contribution in [0, 0.1) is 0 Å². The summed E-state index contributed by atoms with van der Waals surface area (Å²) in [6.45, 7) is 2.16. The van der Waals surface area contributed by atoms with Crippen molar-refractivity contribution in [3.8, 4) is 0 Å². The molecule has 1 rings (SSSR count). The molecule has 0 spiro atoms. The summed E-state index contributed by atoms with van der Waals surface area (Å²) in [7, 11) is -0.168. The molecule has 0 radical (unpaired) electrons. The summed E-state index contributed by atoms with van der Waals surface area (Å²) in [6, 6.07) is 10.2. The van der Waals surface area contributed by atoms with E-state index in [9.17, 15) is 0 Å². The maximum absolute atomic E-state index is 4.21. The quantitative estimate of drug-likeness (QED) is 0.491. The zero-order valence-corrected chi connectivity index (χ0v) is 8.69. The van der Waals surface area contributed by atoms with Crippen LogP contribution in [0.4, 0.5) is 0 Å². The van der Waals surface area contributed by atoms with E-state index in [-0.39, 0.29) is 9.68 Å². The predicted octanol–water partition coefficient (Wildman–Crippen LogP) is 1.90. The van der Waals surface area contributed by atoms with Crippen molar-refractivity contribution >= 4 is 22.0 Å². The number of allylic oxidation sites excluding steroid dienone is 1. The maximum Gasteiger partial charge on any atom is 0.147 e. The Labute approximate surface area is 75.8 Å². The van der Waals surface area contributed by atoms with Gasteiger partial charge in [0.2, 0.25) is 0 Å². The van der Waals surface area contributed by atoms with Crippen molar-refractivity contribution in [1.29, 1.82) is 0 Å². The van der Waals surface area contributed by atoms with Crippen LogP contribution in [0.2, 0.25) is 6.55 Å². The average Bonchev–Trinajstić information content (AvgIpc) is 2.14. The highest BCUT2D eigenvalue weighted by atomic mass is 28.2. The monoisotopic (exact) mass is 175 g/mol. The van der Waals surface area contributed by atoms with Crippen LogP contribution in [-0.2, 0) is 0 Å². The summed E-state index contributed by atoms with van der Waals surface area (Å²) in [4.78, 5) is 0. The standard InChI is InChI=1S/C10H13NSi/c1-12-11-9-5-8-10-6-3-2-4-7-10/h2-9H,12H2,1H3/b8-5+,11-9?. The van der Waals surface area contributed by atoms with Crippen LogP contribution in [0.3, 0.4) is 0 Å². The highest BCUT2D eigenvalue weighted by Gasteiger charge is 1.79. The molecule has 0 aliphatic rings.